The summed E-state index contributed by atoms with van der Waals surface area (Å²) in [5.74, 6) is 1.22. The van der Waals surface area contributed by atoms with E-state index in [2.05, 4.69) is 21.2 Å². The van der Waals surface area contributed by atoms with Crippen molar-refractivity contribution in [2.45, 2.75) is 19.8 Å². The monoisotopic (exact) mass is 344 g/mol. The zero-order valence-electron chi connectivity index (χ0n) is 11.9. The molecule has 0 heterocycles. The van der Waals surface area contributed by atoms with E-state index in [1.807, 2.05) is 19.1 Å². The summed E-state index contributed by atoms with van der Waals surface area (Å²) in [5, 5.41) is 2.73. The number of methoxy groups -OCH3 is 1. The van der Waals surface area contributed by atoms with Gasteiger partial charge in [-0.15, -0.1) is 0 Å². The van der Waals surface area contributed by atoms with E-state index in [1.165, 1.54) is 0 Å². The van der Waals surface area contributed by atoms with Crippen LogP contribution >= 0.6 is 15.9 Å². The average molecular weight is 345 g/mol. The third-order valence-electron chi connectivity index (χ3n) is 2.67. The highest BCUT2D eigenvalue weighted by Gasteiger charge is 2.12. The molecule has 6 heteroatoms. The van der Waals surface area contributed by atoms with Crippen molar-refractivity contribution in [3.05, 3.63) is 22.2 Å². The van der Waals surface area contributed by atoms with Gasteiger partial charge in [-0.1, -0.05) is 0 Å². The number of nitrogens with one attached hydrogen (secondary N) is 1. The standard InChI is InChI=1S/C14H21BrN2O3/c1-3-17-13(18)5-7-20-14-11(15)8-10(4-6-16)9-12(14)19-2/h8-9H,3-7,16H2,1-2H3,(H,17,18). The van der Waals surface area contributed by atoms with Crippen LogP contribution in [0.2, 0.25) is 0 Å². The van der Waals surface area contributed by atoms with Gasteiger partial charge in [0.2, 0.25) is 5.91 Å². The molecule has 5 nitrogen and oxygen atoms in total. The highest BCUT2D eigenvalue weighted by molar-refractivity contribution is 9.10. The predicted molar refractivity (Wildman–Crippen MR) is 82.2 cm³/mol. The molecule has 0 radical (unpaired) electrons. The lowest BCUT2D eigenvalue weighted by Gasteiger charge is -2.14. The molecule has 3 N–H and O–H groups in total. The molecule has 1 rings (SSSR count). The van der Waals surface area contributed by atoms with Crippen LogP contribution in [0.4, 0.5) is 0 Å². The van der Waals surface area contributed by atoms with Gasteiger partial charge >= 0.3 is 0 Å². The summed E-state index contributed by atoms with van der Waals surface area (Å²) in [6.45, 7) is 3.39. The zero-order valence-corrected chi connectivity index (χ0v) is 13.5. The van der Waals surface area contributed by atoms with Crippen molar-refractivity contribution < 1.29 is 14.3 Å². The molecule has 0 aliphatic heterocycles. The van der Waals surface area contributed by atoms with Crippen molar-refractivity contribution >= 4 is 21.8 Å². The fraction of sp³-hybridized carbons (Fsp3) is 0.500. The molecule has 0 saturated carbocycles. The Kier molecular flexibility index (Phi) is 7.40. The number of carbonyl (C=O) groups is 1. The van der Waals surface area contributed by atoms with Crippen molar-refractivity contribution in [3.8, 4) is 11.5 Å². The SMILES string of the molecule is CCNC(=O)CCOc1c(Br)cc(CCN)cc1OC. The zero-order chi connectivity index (χ0) is 15.0. The number of hydrogen-bond donors (Lipinski definition) is 2. The van der Waals surface area contributed by atoms with E-state index in [0.717, 1.165) is 16.5 Å². The third-order valence-corrected chi connectivity index (χ3v) is 3.26. The molecule has 0 bridgehead atoms. The van der Waals surface area contributed by atoms with Crippen molar-refractivity contribution in [2.24, 2.45) is 5.73 Å². The highest BCUT2D eigenvalue weighted by atomic mass is 79.9. The maximum atomic E-state index is 11.4. The van der Waals surface area contributed by atoms with Gasteiger partial charge in [0.05, 0.1) is 24.6 Å². The molecule has 1 amide bonds. The second-order valence-corrected chi connectivity index (χ2v) is 5.05. The number of hydrogen-bond acceptors (Lipinski definition) is 4. The number of carbonyl (C=O) groups excluding carboxylic acids is 1. The average Bonchev–Trinajstić information content (AvgIpc) is 2.41. The summed E-state index contributed by atoms with van der Waals surface area (Å²) in [6.07, 6.45) is 1.09. The Labute approximate surface area is 127 Å². The van der Waals surface area contributed by atoms with Crippen LogP contribution in [-0.4, -0.2) is 32.7 Å². The van der Waals surface area contributed by atoms with Gasteiger partial charge in [-0.05, 0) is 53.5 Å². The third kappa shape index (κ3) is 5.02. The molecule has 20 heavy (non-hydrogen) atoms. The van der Waals surface area contributed by atoms with Gasteiger partial charge in [0.1, 0.15) is 0 Å². The van der Waals surface area contributed by atoms with E-state index in [4.69, 9.17) is 15.2 Å². The summed E-state index contributed by atoms with van der Waals surface area (Å²) in [5.41, 5.74) is 6.63. The van der Waals surface area contributed by atoms with E-state index in [0.29, 0.717) is 37.6 Å². The van der Waals surface area contributed by atoms with Crippen molar-refractivity contribution in [1.82, 2.24) is 5.32 Å². The summed E-state index contributed by atoms with van der Waals surface area (Å²) in [6, 6.07) is 3.86. The van der Waals surface area contributed by atoms with Crippen molar-refractivity contribution in [2.75, 3.05) is 26.8 Å². The Morgan fingerprint density at radius 3 is 2.80 bits per heavy atom. The summed E-state index contributed by atoms with van der Waals surface area (Å²) in [4.78, 5) is 11.4. The first kappa shape index (κ1) is 16.8. The lowest BCUT2D eigenvalue weighted by molar-refractivity contribution is -0.121. The molecule has 0 unspecified atom stereocenters. The molecule has 1 aromatic carbocycles. The van der Waals surface area contributed by atoms with E-state index >= 15 is 0 Å². The molecular formula is C14H21BrN2O3. The van der Waals surface area contributed by atoms with Crippen LogP contribution in [0.3, 0.4) is 0 Å². The first-order chi connectivity index (χ1) is 9.62. The van der Waals surface area contributed by atoms with Crippen molar-refractivity contribution in [3.63, 3.8) is 0 Å². The minimum absolute atomic E-state index is 0.0256. The molecule has 112 valence electrons. The fourth-order valence-electron chi connectivity index (χ4n) is 1.76. The molecule has 0 aliphatic carbocycles. The maximum absolute atomic E-state index is 11.4. The van der Waals surface area contributed by atoms with Gasteiger partial charge in [-0.2, -0.15) is 0 Å². The van der Waals surface area contributed by atoms with E-state index < -0.39 is 0 Å². The molecule has 0 aromatic heterocycles. The van der Waals surface area contributed by atoms with Crippen LogP contribution in [-0.2, 0) is 11.2 Å². The predicted octanol–water partition coefficient (Wildman–Crippen LogP) is 1.86. The molecule has 0 aliphatic rings. The second-order valence-electron chi connectivity index (χ2n) is 4.20. The van der Waals surface area contributed by atoms with Gasteiger partial charge in [0.15, 0.2) is 11.5 Å². The van der Waals surface area contributed by atoms with Gasteiger partial charge in [0.25, 0.3) is 0 Å². The van der Waals surface area contributed by atoms with Gasteiger partial charge < -0.3 is 20.5 Å². The van der Waals surface area contributed by atoms with Crippen LogP contribution in [0, 0.1) is 0 Å². The van der Waals surface area contributed by atoms with E-state index in [1.54, 1.807) is 7.11 Å². The van der Waals surface area contributed by atoms with Crippen LogP contribution in [0.25, 0.3) is 0 Å². The lowest BCUT2D eigenvalue weighted by Crippen LogP contribution is -2.24. The summed E-state index contributed by atoms with van der Waals surface area (Å²) >= 11 is 3.46. The molecule has 0 fully saturated rings. The number of rotatable bonds is 8. The van der Waals surface area contributed by atoms with E-state index in [-0.39, 0.29) is 5.91 Å². The number of ether oxygens (including phenoxy) is 2. The van der Waals surface area contributed by atoms with Gasteiger partial charge in [0, 0.05) is 6.54 Å². The first-order valence-corrected chi connectivity index (χ1v) is 7.37. The number of halogens is 1. The van der Waals surface area contributed by atoms with Gasteiger partial charge in [-0.3, -0.25) is 4.79 Å². The van der Waals surface area contributed by atoms with Crippen LogP contribution in [0.15, 0.2) is 16.6 Å². The fourth-order valence-corrected chi connectivity index (χ4v) is 2.36. The Hall–Kier alpha value is -1.27. The molecular weight excluding hydrogens is 324 g/mol. The largest absolute Gasteiger partial charge is 0.493 e. The molecule has 0 spiro atoms. The number of benzene rings is 1. The normalized spacial score (nSPS) is 10.2. The minimum atomic E-state index is -0.0256. The van der Waals surface area contributed by atoms with Gasteiger partial charge in [-0.25, -0.2) is 0 Å². The van der Waals surface area contributed by atoms with Crippen molar-refractivity contribution in [1.29, 1.82) is 0 Å². The second kappa shape index (κ2) is 8.81. The summed E-state index contributed by atoms with van der Waals surface area (Å²) < 4.78 is 11.8. The molecule has 1 aromatic rings. The number of nitrogens with two attached hydrogens (primary N) is 1. The maximum Gasteiger partial charge on any atom is 0.223 e. The molecule has 0 saturated heterocycles. The first-order valence-electron chi connectivity index (χ1n) is 6.58. The Balaban J connectivity index is 2.71. The van der Waals surface area contributed by atoms with Crippen LogP contribution < -0.4 is 20.5 Å². The topological polar surface area (TPSA) is 73.6 Å². The lowest BCUT2D eigenvalue weighted by atomic mass is 10.1. The number of amides is 1. The Morgan fingerprint density at radius 1 is 1.45 bits per heavy atom. The van der Waals surface area contributed by atoms with E-state index in [9.17, 15) is 4.79 Å². The minimum Gasteiger partial charge on any atom is -0.493 e. The molecule has 0 atom stereocenters. The quantitative estimate of drug-likeness (QED) is 0.754. The Morgan fingerprint density at radius 2 is 2.20 bits per heavy atom. The Bertz CT molecular complexity index is 452. The summed E-state index contributed by atoms with van der Waals surface area (Å²) in [7, 11) is 1.59. The van der Waals surface area contributed by atoms with Crippen LogP contribution in [0.5, 0.6) is 11.5 Å². The highest BCUT2D eigenvalue weighted by Crippen LogP contribution is 2.36. The smallest absolute Gasteiger partial charge is 0.223 e. The van der Waals surface area contributed by atoms with Crippen LogP contribution in [0.1, 0.15) is 18.9 Å².